The van der Waals surface area contributed by atoms with Gasteiger partial charge >= 0.3 is 5.97 Å². The normalized spacial score (nSPS) is 14.2. The molecule has 0 saturated carbocycles. The Hall–Kier alpha value is -1.57. The number of benzene rings is 1. The van der Waals surface area contributed by atoms with Gasteiger partial charge in [-0.3, -0.25) is 4.79 Å². The highest BCUT2D eigenvalue weighted by atomic mass is 16.5. The number of aryl methyl sites for hydroxylation is 1. The maximum Gasteiger partial charge on any atom is 0.307 e. The number of allylic oxidation sites excluding steroid dienone is 1. The Morgan fingerprint density at radius 1 is 1.29 bits per heavy atom. The molecule has 0 amide bonds. The van der Waals surface area contributed by atoms with Crippen molar-refractivity contribution in [2.24, 2.45) is 0 Å². The molecule has 14 heavy (non-hydrogen) atoms. The molecule has 72 valence electrons. The van der Waals surface area contributed by atoms with Gasteiger partial charge in [-0.25, -0.2) is 0 Å². The van der Waals surface area contributed by atoms with Gasteiger partial charge in [0.2, 0.25) is 0 Å². The zero-order chi connectivity index (χ0) is 9.97. The van der Waals surface area contributed by atoms with Crippen molar-refractivity contribution >= 4 is 12.0 Å². The zero-order valence-corrected chi connectivity index (χ0v) is 8.12. The molecule has 0 aromatic heterocycles. The molecule has 1 aromatic rings. The maximum absolute atomic E-state index is 10.8. The fraction of sp³-hybridized carbons (Fsp3) is 0.250. The van der Waals surface area contributed by atoms with Crippen molar-refractivity contribution in [1.29, 1.82) is 0 Å². The SMILES string of the molecule is CC(=O)OC1=Cc2ccccc2CC1. The van der Waals surface area contributed by atoms with Gasteiger partial charge in [-0.1, -0.05) is 24.3 Å². The first-order chi connectivity index (χ1) is 6.75. The summed E-state index contributed by atoms with van der Waals surface area (Å²) in [6, 6.07) is 8.17. The number of esters is 1. The lowest BCUT2D eigenvalue weighted by Gasteiger charge is -2.15. The summed E-state index contributed by atoms with van der Waals surface area (Å²) < 4.78 is 5.07. The van der Waals surface area contributed by atoms with E-state index in [9.17, 15) is 4.79 Å². The Morgan fingerprint density at radius 3 is 2.86 bits per heavy atom. The molecular formula is C12H12O2. The van der Waals surface area contributed by atoms with Gasteiger partial charge in [0, 0.05) is 13.3 Å². The van der Waals surface area contributed by atoms with Crippen LogP contribution in [0.1, 0.15) is 24.5 Å². The average molecular weight is 188 g/mol. The van der Waals surface area contributed by atoms with Crippen molar-refractivity contribution in [1.82, 2.24) is 0 Å². The van der Waals surface area contributed by atoms with E-state index in [-0.39, 0.29) is 5.97 Å². The van der Waals surface area contributed by atoms with Crippen LogP contribution in [0.3, 0.4) is 0 Å². The molecule has 0 saturated heterocycles. The third-order valence-corrected chi connectivity index (χ3v) is 2.29. The summed E-state index contributed by atoms with van der Waals surface area (Å²) in [4.78, 5) is 10.8. The zero-order valence-electron chi connectivity index (χ0n) is 8.12. The number of ether oxygens (including phenoxy) is 1. The molecule has 1 aliphatic carbocycles. The van der Waals surface area contributed by atoms with Crippen molar-refractivity contribution in [2.75, 3.05) is 0 Å². The number of hydrogen-bond donors (Lipinski definition) is 0. The lowest BCUT2D eigenvalue weighted by Crippen LogP contribution is -2.05. The first-order valence-corrected chi connectivity index (χ1v) is 4.72. The summed E-state index contributed by atoms with van der Waals surface area (Å²) in [6.07, 6.45) is 3.71. The largest absolute Gasteiger partial charge is 0.431 e. The molecule has 0 bridgehead atoms. The highest BCUT2D eigenvalue weighted by Crippen LogP contribution is 2.24. The number of carbonyl (C=O) groups excluding carboxylic acids is 1. The molecule has 2 rings (SSSR count). The van der Waals surface area contributed by atoms with Gasteiger partial charge in [0.05, 0.1) is 0 Å². The summed E-state index contributed by atoms with van der Waals surface area (Å²) in [6.45, 7) is 1.43. The van der Waals surface area contributed by atoms with Crippen molar-refractivity contribution < 1.29 is 9.53 Å². The van der Waals surface area contributed by atoms with Crippen LogP contribution in [-0.2, 0) is 16.0 Å². The quantitative estimate of drug-likeness (QED) is 0.633. The van der Waals surface area contributed by atoms with E-state index in [1.165, 1.54) is 12.5 Å². The molecule has 0 fully saturated rings. The Kier molecular flexibility index (Phi) is 2.35. The van der Waals surface area contributed by atoms with Crippen LogP contribution in [0.4, 0.5) is 0 Å². The van der Waals surface area contributed by atoms with Gasteiger partial charge in [0.1, 0.15) is 5.76 Å². The molecule has 0 spiro atoms. The summed E-state index contributed by atoms with van der Waals surface area (Å²) in [5.41, 5.74) is 2.48. The average Bonchev–Trinajstić information content (AvgIpc) is 2.17. The van der Waals surface area contributed by atoms with E-state index >= 15 is 0 Å². The fourth-order valence-corrected chi connectivity index (χ4v) is 1.67. The topological polar surface area (TPSA) is 26.3 Å². The molecule has 1 aliphatic rings. The molecule has 0 radical (unpaired) electrons. The molecule has 0 atom stereocenters. The van der Waals surface area contributed by atoms with Crippen molar-refractivity contribution in [3.8, 4) is 0 Å². The Labute approximate surface area is 83.2 Å². The minimum Gasteiger partial charge on any atom is -0.431 e. The van der Waals surface area contributed by atoms with Crippen LogP contribution in [0.25, 0.3) is 6.08 Å². The van der Waals surface area contributed by atoms with Crippen LogP contribution in [0.2, 0.25) is 0 Å². The lowest BCUT2D eigenvalue weighted by molar-refractivity contribution is -0.136. The molecule has 2 heteroatoms. The smallest absolute Gasteiger partial charge is 0.307 e. The van der Waals surface area contributed by atoms with E-state index in [0.717, 1.165) is 24.2 Å². The van der Waals surface area contributed by atoms with E-state index in [2.05, 4.69) is 6.07 Å². The Balaban J connectivity index is 2.26. The summed E-state index contributed by atoms with van der Waals surface area (Å²) in [7, 11) is 0. The van der Waals surface area contributed by atoms with E-state index in [1.807, 2.05) is 24.3 Å². The van der Waals surface area contributed by atoms with E-state index in [0.29, 0.717) is 0 Å². The standard InChI is InChI=1S/C12H12O2/c1-9(13)14-12-7-6-10-4-2-3-5-11(10)8-12/h2-5,8H,6-7H2,1H3. The van der Waals surface area contributed by atoms with Gasteiger partial charge in [-0.15, -0.1) is 0 Å². The van der Waals surface area contributed by atoms with Gasteiger partial charge < -0.3 is 4.74 Å². The summed E-state index contributed by atoms with van der Waals surface area (Å²) in [5, 5.41) is 0. The minimum absolute atomic E-state index is 0.240. The molecule has 1 aromatic carbocycles. The highest BCUT2D eigenvalue weighted by molar-refractivity contribution is 5.69. The minimum atomic E-state index is -0.240. The van der Waals surface area contributed by atoms with Crippen LogP contribution < -0.4 is 0 Å². The molecular weight excluding hydrogens is 176 g/mol. The Morgan fingerprint density at radius 2 is 2.07 bits per heavy atom. The Bertz CT molecular complexity index is 391. The molecule has 2 nitrogen and oxygen atoms in total. The number of rotatable bonds is 1. The summed E-state index contributed by atoms with van der Waals surface area (Å²) in [5.74, 6) is 0.534. The predicted octanol–water partition coefficient (Wildman–Crippen LogP) is 2.54. The van der Waals surface area contributed by atoms with Crippen LogP contribution >= 0.6 is 0 Å². The molecule has 0 unspecified atom stereocenters. The second-order valence-electron chi connectivity index (χ2n) is 3.40. The second-order valence-corrected chi connectivity index (χ2v) is 3.40. The van der Waals surface area contributed by atoms with E-state index in [1.54, 1.807) is 0 Å². The van der Waals surface area contributed by atoms with Crippen molar-refractivity contribution in [3.63, 3.8) is 0 Å². The van der Waals surface area contributed by atoms with E-state index in [4.69, 9.17) is 4.74 Å². The van der Waals surface area contributed by atoms with E-state index < -0.39 is 0 Å². The first-order valence-electron chi connectivity index (χ1n) is 4.72. The van der Waals surface area contributed by atoms with Gasteiger partial charge in [-0.05, 0) is 23.6 Å². The summed E-state index contributed by atoms with van der Waals surface area (Å²) >= 11 is 0. The highest BCUT2D eigenvalue weighted by Gasteiger charge is 2.11. The van der Waals surface area contributed by atoms with Gasteiger partial charge in [0.15, 0.2) is 0 Å². The predicted molar refractivity (Wildman–Crippen MR) is 54.5 cm³/mol. The van der Waals surface area contributed by atoms with Crippen LogP contribution in [-0.4, -0.2) is 5.97 Å². The van der Waals surface area contributed by atoms with Gasteiger partial charge in [-0.2, -0.15) is 0 Å². The van der Waals surface area contributed by atoms with Crippen molar-refractivity contribution in [2.45, 2.75) is 19.8 Å². The lowest BCUT2D eigenvalue weighted by atomic mass is 9.96. The van der Waals surface area contributed by atoms with Crippen LogP contribution in [0.5, 0.6) is 0 Å². The third kappa shape index (κ3) is 1.84. The molecule has 0 heterocycles. The second kappa shape index (κ2) is 3.66. The third-order valence-electron chi connectivity index (χ3n) is 2.29. The number of carbonyl (C=O) groups is 1. The fourth-order valence-electron chi connectivity index (χ4n) is 1.67. The van der Waals surface area contributed by atoms with Gasteiger partial charge in [0.25, 0.3) is 0 Å². The van der Waals surface area contributed by atoms with Crippen LogP contribution in [0, 0.1) is 0 Å². The van der Waals surface area contributed by atoms with Crippen LogP contribution in [0.15, 0.2) is 30.0 Å². The van der Waals surface area contributed by atoms with Crippen molar-refractivity contribution in [3.05, 3.63) is 41.2 Å². The number of fused-ring (bicyclic) bond motifs is 1. The first kappa shape index (κ1) is 9.00. The number of hydrogen-bond acceptors (Lipinski definition) is 2. The monoisotopic (exact) mass is 188 g/mol. The molecule has 0 N–H and O–H groups in total. The maximum atomic E-state index is 10.8. The molecule has 0 aliphatic heterocycles.